The van der Waals surface area contributed by atoms with Crippen molar-refractivity contribution in [2.75, 3.05) is 0 Å². The summed E-state index contributed by atoms with van der Waals surface area (Å²) in [6.07, 6.45) is 0. The first-order valence-electron chi connectivity index (χ1n) is 11.2. The summed E-state index contributed by atoms with van der Waals surface area (Å²) in [5.41, 5.74) is 4.15. The van der Waals surface area contributed by atoms with E-state index in [2.05, 4.69) is 24.3 Å². The normalized spacial score (nSPS) is 10.2. The van der Waals surface area contributed by atoms with Crippen molar-refractivity contribution in [2.24, 2.45) is 0 Å². The monoisotopic (exact) mass is 486 g/mol. The molecule has 0 fully saturated rings. The molecule has 0 aliphatic heterocycles. The predicted octanol–water partition coefficient (Wildman–Crippen LogP) is 6.62. The quantitative estimate of drug-likeness (QED) is 0.184. The molecule has 4 rings (SSSR count). The van der Waals surface area contributed by atoms with Gasteiger partial charge >= 0.3 is 0 Å². The van der Waals surface area contributed by atoms with Gasteiger partial charge in [0.25, 0.3) is 11.4 Å². The zero-order chi connectivity index (χ0) is 25.6. The van der Waals surface area contributed by atoms with Gasteiger partial charge in [-0.2, -0.15) is 0 Å². The van der Waals surface area contributed by atoms with E-state index in [1.807, 2.05) is 36.4 Å². The highest BCUT2D eigenvalue weighted by Gasteiger charge is 2.05. The van der Waals surface area contributed by atoms with E-state index in [0.29, 0.717) is 26.4 Å². The van der Waals surface area contributed by atoms with Gasteiger partial charge in [-0.3, -0.25) is 20.2 Å². The van der Waals surface area contributed by atoms with Crippen LogP contribution in [0.25, 0.3) is 0 Å². The number of non-ortho nitro benzene ring substituents is 2. The maximum absolute atomic E-state index is 10.5. The zero-order valence-corrected chi connectivity index (χ0v) is 19.6. The maximum atomic E-state index is 10.5. The molecule has 36 heavy (non-hydrogen) atoms. The zero-order valence-electron chi connectivity index (χ0n) is 19.6. The van der Waals surface area contributed by atoms with Gasteiger partial charge in [-0.1, -0.05) is 60.7 Å². The Morgan fingerprint density at radius 3 is 1.00 bits per heavy atom. The molecule has 0 aliphatic rings. The number of ether oxygens (including phenoxy) is 2. The average Bonchev–Trinajstić information content (AvgIpc) is 2.91. The Morgan fingerprint density at radius 1 is 0.444 bits per heavy atom. The molecule has 8 nitrogen and oxygen atoms in total. The number of benzene rings is 4. The van der Waals surface area contributed by atoms with Crippen LogP contribution in [0.5, 0.6) is 0 Å². The van der Waals surface area contributed by atoms with E-state index in [1.54, 1.807) is 24.3 Å². The highest BCUT2D eigenvalue weighted by atomic mass is 16.6. The standard InChI is InChI=1S/C14H12N2O5.C14H14O/c17-15(18)13-5-1-11(2-6-13)9-21-10-12-3-7-14(8-4-12)16(19)20;1-3-7-13(8-4-1)11-15-12-14-9-5-2-6-10-14/h1-8H,9-10H2;1-10H,11-12H2. The molecule has 4 aromatic carbocycles. The van der Waals surface area contributed by atoms with Crippen LogP contribution in [0.4, 0.5) is 11.4 Å². The van der Waals surface area contributed by atoms with Crippen LogP contribution in [0.1, 0.15) is 22.3 Å². The first-order chi connectivity index (χ1) is 17.5. The molecule has 0 saturated heterocycles. The molecule has 0 saturated carbocycles. The van der Waals surface area contributed by atoms with Crippen LogP contribution in [0.15, 0.2) is 109 Å². The Hall–Kier alpha value is -4.40. The van der Waals surface area contributed by atoms with Gasteiger partial charge in [-0.25, -0.2) is 0 Å². The van der Waals surface area contributed by atoms with Crippen molar-refractivity contribution >= 4 is 11.4 Å². The van der Waals surface area contributed by atoms with Crippen molar-refractivity contribution in [2.45, 2.75) is 26.4 Å². The van der Waals surface area contributed by atoms with Crippen molar-refractivity contribution < 1.29 is 19.3 Å². The summed E-state index contributed by atoms with van der Waals surface area (Å²) in [6, 6.07) is 32.7. The Kier molecular flexibility index (Phi) is 10.3. The second kappa shape index (κ2) is 14.1. The van der Waals surface area contributed by atoms with Gasteiger partial charge in [0.2, 0.25) is 0 Å². The number of hydrogen-bond donors (Lipinski definition) is 0. The van der Waals surface area contributed by atoms with Gasteiger partial charge in [-0.15, -0.1) is 0 Å². The molecule has 0 N–H and O–H groups in total. The molecule has 4 aromatic rings. The summed E-state index contributed by atoms with van der Waals surface area (Å²) in [6.45, 7) is 1.98. The van der Waals surface area contributed by atoms with Gasteiger partial charge in [0.05, 0.1) is 36.3 Å². The smallest absolute Gasteiger partial charge is 0.269 e. The lowest BCUT2D eigenvalue weighted by molar-refractivity contribution is -0.385. The molecule has 0 spiro atoms. The summed E-state index contributed by atoms with van der Waals surface area (Å²) in [4.78, 5) is 20.1. The minimum atomic E-state index is -0.457. The molecule has 0 aromatic heterocycles. The van der Waals surface area contributed by atoms with Crippen molar-refractivity contribution in [3.63, 3.8) is 0 Å². The number of nitro groups is 2. The van der Waals surface area contributed by atoms with Crippen LogP contribution in [0, 0.1) is 20.2 Å². The Balaban J connectivity index is 0.000000212. The summed E-state index contributed by atoms with van der Waals surface area (Å²) >= 11 is 0. The molecule has 0 unspecified atom stereocenters. The SMILES string of the molecule is O=[N+]([O-])c1ccc(COCc2ccc([N+](=O)[O-])cc2)cc1.c1ccc(COCc2ccccc2)cc1. The van der Waals surface area contributed by atoms with E-state index in [-0.39, 0.29) is 11.4 Å². The number of hydrogen-bond acceptors (Lipinski definition) is 6. The summed E-state index contributed by atoms with van der Waals surface area (Å²) in [5.74, 6) is 0. The van der Waals surface area contributed by atoms with Crippen LogP contribution in [-0.4, -0.2) is 9.85 Å². The molecular weight excluding hydrogens is 460 g/mol. The van der Waals surface area contributed by atoms with Gasteiger partial charge in [-0.05, 0) is 46.5 Å². The number of nitrogens with zero attached hydrogens (tertiary/aromatic N) is 2. The molecule has 0 heterocycles. The lowest BCUT2D eigenvalue weighted by Gasteiger charge is -2.04. The van der Waals surface area contributed by atoms with Crippen molar-refractivity contribution in [3.05, 3.63) is 152 Å². The fourth-order valence-corrected chi connectivity index (χ4v) is 3.15. The fourth-order valence-electron chi connectivity index (χ4n) is 3.15. The van der Waals surface area contributed by atoms with E-state index in [4.69, 9.17) is 9.47 Å². The average molecular weight is 487 g/mol. The van der Waals surface area contributed by atoms with Crippen molar-refractivity contribution in [1.29, 1.82) is 0 Å². The molecule has 0 radical (unpaired) electrons. The summed E-state index contributed by atoms with van der Waals surface area (Å²) in [7, 11) is 0. The maximum Gasteiger partial charge on any atom is 0.269 e. The highest BCUT2D eigenvalue weighted by molar-refractivity contribution is 5.33. The van der Waals surface area contributed by atoms with E-state index < -0.39 is 9.85 Å². The lowest BCUT2D eigenvalue weighted by Crippen LogP contribution is -1.95. The molecule has 0 bridgehead atoms. The van der Waals surface area contributed by atoms with Gasteiger partial charge in [0, 0.05) is 24.3 Å². The van der Waals surface area contributed by atoms with E-state index in [1.165, 1.54) is 35.4 Å². The molecular formula is C28H26N2O6. The van der Waals surface area contributed by atoms with Crippen LogP contribution >= 0.6 is 0 Å². The van der Waals surface area contributed by atoms with Crippen LogP contribution in [-0.2, 0) is 35.9 Å². The molecule has 0 amide bonds. The van der Waals surface area contributed by atoms with E-state index >= 15 is 0 Å². The van der Waals surface area contributed by atoms with Gasteiger partial charge < -0.3 is 9.47 Å². The van der Waals surface area contributed by atoms with E-state index in [9.17, 15) is 20.2 Å². The van der Waals surface area contributed by atoms with Crippen LogP contribution < -0.4 is 0 Å². The Labute approximate surface area is 209 Å². The second-order valence-corrected chi connectivity index (χ2v) is 7.80. The highest BCUT2D eigenvalue weighted by Crippen LogP contribution is 2.15. The third-order valence-electron chi connectivity index (χ3n) is 5.05. The minimum absolute atomic E-state index is 0.0362. The molecule has 8 heteroatoms. The van der Waals surface area contributed by atoms with Crippen LogP contribution in [0.2, 0.25) is 0 Å². The van der Waals surface area contributed by atoms with Gasteiger partial charge in [0.1, 0.15) is 0 Å². The third kappa shape index (κ3) is 9.09. The lowest BCUT2D eigenvalue weighted by atomic mass is 10.2. The third-order valence-corrected chi connectivity index (χ3v) is 5.05. The molecule has 0 atom stereocenters. The predicted molar refractivity (Wildman–Crippen MR) is 136 cm³/mol. The second-order valence-electron chi connectivity index (χ2n) is 7.80. The van der Waals surface area contributed by atoms with Crippen molar-refractivity contribution in [1.82, 2.24) is 0 Å². The Morgan fingerprint density at radius 2 is 0.722 bits per heavy atom. The van der Waals surface area contributed by atoms with E-state index in [0.717, 1.165) is 11.1 Å². The summed E-state index contributed by atoms with van der Waals surface area (Å²) in [5, 5.41) is 21.0. The minimum Gasteiger partial charge on any atom is -0.372 e. The first-order valence-corrected chi connectivity index (χ1v) is 11.2. The fraction of sp³-hybridized carbons (Fsp3) is 0.143. The van der Waals surface area contributed by atoms with Gasteiger partial charge in [0.15, 0.2) is 0 Å². The summed E-state index contributed by atoms with van der Waals surface area (Å²) < 4.78 is 11.1. The number of nitro benzene ring substituents is 2. The molecule has 0 aliphatic carbocycles. The Bertz CT molecular complexity index is 1120. The first kappa shape index (κ1) is 26.2. The largest absolute Gasteiger partial charge is 0.372 e. The van der Waals surface area contributed by atoms with Crippen molar-refractivity contribution in [3.8, 4) is 0 Å². The topological polar surface area (TPSA) is 105 Å². The molecule has 184 valence electrons. The number of rotatable bonds is 10. The van der Waals surface area contributed by atoms with Crippen LogP contribution in [0.3, 0.4) is 0 Å².